The molecule has 1 aromatic carbocycles. The summed E-state index contributed by atoms with van der Waals surface area (Å²) in [6, 6.07) is 4.82. The molecule has 0 radical (unpaired) electrons. The van der Waals surface area contributed by atoms with E-state index >= 15 is 0 Å². The van der Waals surface area contributed by atoms with Crippen LogP contribution in [0.2, 0.25) is 0 Å². The van der Waals surface area contributed by atoms with Crippen molar-refractivity contribution in [3.63, 3.8) is 0 Å². The number of benzene rings is 1. The van der Waals surface area contributed by atoms with E-state index in [1.165, 1.54) is 12.1 Å². The summed E-state index contributed by atoms with van der Waals surface area (Å²) in [5, 5.41) is 15.7. The van der Waals surface area contributed by atoms with Crippen LogP contribution in [0, 0.1) is 5.82 Å². The van der Waals surface area contributed by atoms with Crippen molar-refractivity contribution in [2.45, 2.75) is 33.2 Å². The number of guanidine groups is 1. The molecular formula is C19H27FIN7. The lowest BCUT2D eigenvalue weighted by atomic mass is 10.1. The van der Waals surface area contributed by atoms with Crippen LogP contribution in [0.1, 0.15) is 25.2 Å². The minimum Gasteiger partial charge on any atom is -0.361 e. The Morgan fingerprint density at radius 1 is 1.29 bits per heavy atom. The molecule has 3 aromatic rings. The van der Waals surface area contributed by atoms with Gasteiger partial charge in [-0.05, 0) is 37.1 Å². The molecule has 0 aliphatic carbocycles. The Hall–Kier alpha value is -2.17. The summed E-state index contributed by atoms with van der Waals surface area (Å²) in [6.07, 6.45) is 5.33. The first-order valence-electron chi connectivity index (χ1n) is 9.35. The normalized spacial score (nSPS) is 11.5. The second-order valence-electron chi connectivity index (χ2n) is 6.24. The summed E-state index contributed by atoms with van der Waals surface area (Å²) < 4.78 is 15.3. The first-order chi connectivity index (χ1) is 13.2. The standard InChI is InChI=1S/C19H26FN7.HI/c1-3-18-26-25-13-27(18)10-9-23-19(21-4-2)22-8-7-14-12-24-17-11-15(20)5-6-16(14)17;/h5-6,11-13,24H,3-4,7-10H2,1-2H3,(H2,21,22,23);1H. The molecule has 7 nitrogen and oxygen atoms in total. The number of nitrogens with zero attached hydrogens (tertiary/aromatic N) is 4. The van der Waals surface area contributed by atoms with Crippen LogP contribution in [-0.2, 0) is 19.4 Å². The van der Waals surface area contributed by atoms with Crippen molar-refractivity contribution in [3.05, 3.63) is 47.9 Å². The maximum Gasteiger partial charge on any atom is 0.191 e. The molecule has 3 rings (SSSR count). The van der Waals surface area contributed by atoms with Crippen LogP contribution in [-0.4, -0.2) is 45.3 Å². The van der Waals surface area contributed by atoms with Crippen molar-refractivity contribution >= 4 is 40.8 Å². The molecule has 28 heavy (non-hydrogen) atoms. The number of aryl methyl sites for hydroxylation is 1. The maximum absolute atomic E-state index is 13.3. The molecule has 0 saturated heterocycles. The van der Waals surface area contributed by atoms with Gasteiger partial charge in [-0.15, -0.1) is 34.2 Å². The van der Waals surface area contributed by atoms with Crippen LogP contribution in [0.15, 0.2) is 35.7 Å². The van der Waals surface area contributed by atoms with Crippen molar-refractivity contribution < 1.29 is 4.39 Å². The van der Waals surface area contributed by atoms with Gasteiger partial charge in [-0.1, -0.05) is 6.92 Å². The Kier molecular flexibility index (Phi) is 8.68. The maximum atomic E-state index is 13.3. The van der Waals surface area contributed by atoms with E-state index in [9.17, 15) is 4.39 Å². The molecule has 0 fully saturated rings. The van der Waals surface area contributed by atoms with E-state index < -0.39 is 0 Å². The molecule has 0 amide bonds. The average molecular weight is 499 g/mol. The third-order valence-corrected chi connectivity index (χ3v) is 4.38. The van der Waals surface area contributed by atoms with Gasteiger partial charge in [0.25, 0.3) is 0 Å². The minimum atomic E-state index is -0.230. The zero-order chi connectivity index (χ0) is 19.1. The Labute approximate surface area is 181 Å². The minimum absolute atomic E-state index is 0. The van der Waals surface area contributed by atoms with Crippen LogP contribution < -0.4 is 10.6 Å². The van der Waals surface area contributed by atoms with Crippen LogP contribution in [0.4, 0.5) is 4.39 Å². The molecule has 152 valence electrons. The van der Waals surface area contributed by atoms with Gasteiger partial charge in [0.1, 0.15) is 18.0 Å². The molecule has 0 aliphatic heterocycles. The first-order valence-corrected chi connectivity index (χ1v) is 9.35. The van der Waals surface area contributed by atoms with E-state index in [2.05, 4.69) is 37.7 Å². The van der Waals surface area contributed by atoms with Gasteiger partial charge in [-0.2, -0.15) is 0 Å². The smallest absolute Gasteiger partial charge is 0.191 e. The van der Waals surface area contributed by atoms with Gasteiger partial charge in [-0.25, -0.2) is 4.39 Å². The van der Waals surface area contributed by atoms with E-state index in [1.807, 2.05) is 23.8 Å². The number of fused-ring (bicyclic) bond motifs is 1. The molecule has 0 spiro atoms. The van der Waals surface area contributed by atoms with Gasteiger partial charge in [0.05, 0.1) is 0 Å². The monoisotopic (exact) mass is 499 g/mol. The second kappa shape index (κ2) is 11.0. The second-order valence-corrected chi connectivity index (χ2v) is 6.24. The van der Waals surface area contributed by atoms with Crippen molar-refractivity contribution in [2.24, 2.45) is 4.99 Å². The summed E-state index contributed by atoms with van der Waals surface area (Å²) in [5.41, 5.74) is 1.96. The molecule has 0 bridgehead atoms. The Morgan fingerprint density at radius 3 is 2.93 bits per heavy atom. The zero-order valence-corrected chi connectivity index (χ0v) is 18.5. The lowest BCUT2D eigenvalue weighted by molar-refractivity contribution is 0.629. The van der Waals surface area contributed by atoms with E-state index in [0.717, 1.165) is 60.7 Å². The van der Waals surface area contributed by atoms with Crippen molar-refractivity contribution in [1.82, 2.24) is 30.4 Å². The van der Waals surface area contributed by atoms with Crippen molar-refractivity contribution in [3.8, 4) is 0 Å². The molecule has 0 atom stereocenters. The Bertz CT molecular complexity index is 903. The van der Waals surface area contributed by atoms with Crippen LogP contribution >= 0.6 is 24.0 Å². The lowest BCUT2D eigenvalue weighted by Crippen LogP contribution is -2.39. The van der Waals surface area contributed by atoms with Crippen LogP contribution in [0.25, 0.3) is 10.9 Å². The molecule has 3 N–H and O–H groups in total. The molecule has 2 heterocycles. The summed E-state index contributed by atoms with van der Waals surface area (Å²) in [6.45, 7) is 7.08. The summed E-state index contributed by atoms with van der Waals surface area (Å²) in [4.78, 5) is 7.76. The number of H-pyrrole nitrogens is 1. The number of halogens is 2. The molecule has 0 aliphatic rings. The predicted molar refractivity (Wildman–Crippen MR) is 121 cm³/mol. The van der Waals surface area contributed by atoms with Gasteiger partial charge >= 0.3 is 0 Å². The molecular weight excluding hydrogens is 472 g/mol. The average Bonchev–Trinajstić information content (AvgIpc) is 3.28. The summed E-state index contributed by atoms with van der Waals surface area (Å²) in [5.74, 6) is 1.54. The molecule has 2 aromatic heterocycles. The number of aromatic nitrogens is 4. The first kappa shape index (κ1) is 22.1. The number of hydrogen-bond acceptors (Lipinski definition) is 3. The fourth-order valence-corrected chi connectivity index (χ4v) is 3.03. The predicted octanol–water partition coefficient (Wildman–Crippen LogP) is 2.88. The fraction of sp³-hybridized carbons (Fsp3) is 0.421. The van der Waals surface area contributed by atoms with Crippen molar-refractivity contribution in [2.75, 3.05) is 19.6 Å². The van der Waals surface area contributed by atoms with Gasteiger partial charge < -0.3 is 20.2 Å². The van der Waals surface area contributed by atoms with Gasteiger partial charge in [0, 0.05) is 49.7 Å². The van der Waals surface area contributed by atoms with Gasteiger partial charge in [-0.3, -0.25) is 4.99 Å². The zero-order valence-electron chi connectivity index (χ0n) is 16.2. The van der Waals surface area contributed by atoms with Crippen molar-refractivity contribution in [1.29, 1.82) is 0 Å². The Morgan fingerprint density at radius 2 is 2.14 bits per heavy atom. The SMILES string of the molecule is CCNC(=NCCc1c[nH]c2cc(F)ccc12)NCCn1cnnc1CC.I. The number of nitrogens with one attached hydrogen (secondary N) is 3. The number of hydrogen-bond donors (Lipinski definition) is 3. The van der Waals surface area contributed by atoms with Gasteiger partial charge in [0.15, 0.2) is 5.96 Å². The van der Waals surface area contributed by atoms with Crippen LogP contribution in [0.5, 0.6) is 0 Å². The quantitative estimate of drug-likeness (QED) is 0.253. The number of aliphatic imine (C=N–C) groups is 1. The fourth-order valence-electron chi connectivity index (χ4n) is 3.03. The lowest BCUT2D eigenvalue weighted by Gasteiger charge is -2.12. The highest BCUT2D eigenvalue weighted by atomic mass is 127. The largest absolute Gasteiger partial charge is 0.361 e. The number of aromatic amines is 1. The van der Waals surface area contributed by atoms with E-state index in [1.54, 1.807) is 6.33 Å². The van der Waals surface area contributed by atoms with E-state index in [-0.39, 0.29) is 29.8 Å². The van der Waals surface area contributed by atoms with Gasteiger partial charge in [0.2, 0.25) is 0 Å². The van der Waals surface area contributed by atoms with E-state index in [4.69, 9.17) is 0 Å². The summed E-state index contributed by atoms with van der Waals surface area (Å²) >= 11 is 0. The highest BCUT2D eigenvalue weighted by molar-refractivity contribution is 14.0. The third kappa shape index (κ3) is 5.66. The topological polar surface area (TPSA) is 82.9 Å². The van der Waals surface area contributed by atoms with Crippen LogP contribution in [0.3, 0.4) is 0 Å². The van der Waals surface area contributed by atoms with E-state index in [0.29, 0.717) is 6.54 Å². The third-order valence-electron chi connectivity index (χ3n) is 4.38. The Balaban J connectivity index is 0.00000280. The highest BCUT2D eigenvalue weighted by Gasteiger charge is 2.05. The molecule has 9 heteroatoms. The summed E-state index contributed by atoms with van der Waals surface area (Å²) in [7, 11) is 0. The molecule has 0 unspecified atom stereocenters. The highest BCUT2D eigenvalue weighted by Crippen LogP contribution is 2.19. The molecule has 0 saturated carbocycles. The number of rotatable bonds is 8.